The number of aromatic nitrogens is 1. The standard InChI is InChI=1S/C6H5N4/c7-4-1-8-2-5-6(4)10-3-9-5/h1-3H,7H2. The SMILES string of the molecule is Nc1cncc2c1[N]C=N2. The zero-order valence-electron chi connectivity index (χ0n) is 5.15. The van der Waals surface area contributed by atoms with Crippen LogP contribution >= 0.6 is 0 Å². The number of anilines is 1. The highest BCUT2D eigenvalue weighted by Crippen LogP contribution is 2.31. The Labute approximate surface area is 57.8 Å². The summed E-state index contributed by atoms with van der Waals surface area (Å²) in [6, 6.07) is 0. The summed E-state index contributed by atoms with van der Waals surface area (Å²) in [5.74, 6) is 0. The van der Waals surface area contributed by atoms with E-state index < -0.39 is 0 Å². The summed E-state index contributed by atoms with van der Waals surface area (Å²) in [4.78, 5) is 7.78. The van der Waals surface area contributed by atoms with Crippen molar-refractivity contribution in [2.24, 2.45) is 4.99 Å². The van der Waals surface area contributed by atoms with E-state index >= 15 is 0 Å². The highest BCUT2D eigenvalue weighted by molar-refractivity contribution is 5.87. The number of pyridine rings is 1. The number of rotatable bonds is 0. The van der Waals surface area contributed by atoms with E-state index in [9.17, 15) is 0 Å². The summed E-state index contributed by atoms with van der Waals surface area (Å²) in [5.41, 5.74) is 7.60. The minimum Gasteiger partial charge on any atom is -0.396 e. The first kappa shape index (κ1) is 5.22. The van der Waals surface area contributed by atoms with Crippen LogP contribution in [0.25, 0.3) is 0 Å². The van der Waals surface area contributed by atoms with E-state index in [4.69, 9.17) is 5.73 Å². The van der Waals surface area contributed by atoms with Gasteiger partial charge in [0, 0.05) is 0 Å². The second-order valence-electron chi connectivity index (χ2n) is 1.97. The van der Waals surface area contributed by atoms with Crippen LogP contribution in [-0.2, 0) is 0 Å². The molecule has 2 N–H and O–H groups in total. The zero-order chi connectivity index (χ0) is 6.97. The maximum Gasteiger partial charge on any atom is 0.117 e. The highest BCUT2D eigenvalue weighted by atomic mass is 15.0. The van der Waals surface area contributed by atoms with Crippen molar-refractivity contribution in [1.82, 2.24) is 10.3 Å². The van der Waals surface area contributed by atoms with E-state index in [0.29, 0.717) is 5.69 Å². The molecule has 1 aliphatic rings. The maximum atomic E-state index is 5.54. The van der Waals surface area contributed by atoms with Gasteiger partial charge < -0.3 is 5.73 Å². The molecule has 0 atom stereocenters. The first-order chi connectivity index (χ1) is 4.88. The first-order valence-corrected chi connectivity index (χ1v) is 2.85. The van der Waals surface area contributed by atoms with Gasteiger partial charge in [0.15, 0.2) is 0 Å². The Morgan fingerprint density at radius 1 is 1.30 bits per heavy atom. The van der Waals surface area contributed by atoms with Crippen molar-refractivity contribution >= 4 is 23.4 Å². The van der Waals surface area contributed by atoms with Gasteiger partial charge in [0.2, 0.25) is 0 Å². The van der Waals surface area contributed by atoms with Crippen molar-refractivity contribution in [3.63, 3.8) is 0 Å². The maximum absolute atomic E-state index is 5.54. The average Bonchev–Trinajstić information content (AvgIpc) is 2.36. The van der Waals surface area contributed by atoms with Crippen LogP contribution in [0.3, 0.4) is 0 Å². The van der Waals surface area contributed by atoms with Crippen LogP contribution in [0.1, 0.15) is 0 Å². The van der Waals surface area contributed by atoms with Crippen LogP contribution in [0, 0.1) is 0 Å². The first-order valence-electron chi connectivity index (χ1n) is 2.85. The minimum atomic E-state index is 0.579. The van der Waals surface area contributed by atoms with Crippen LogP contribution in [-0.4, -0.2) is 11.3 Å². The largest absolute Gasteiger partial charge is 0.396 e. The fourth-order valence-corrected chi connectivity index (χ4v) is 0.842. The van der Waals surface area contributed by atoms with Crippen molar-refractivity contribution < 1.29 is 0 Å². The average molecular weight is 133 g/mol. The summed E-state index contributed by atoms with van der Waals surface area (Å²) < 4.78 is 0. The van der Waals surface area contributed by atoms with Crippen LogP contribution < -0.4 is 11.1 Å². The fraction of sp³-hybridized carbons (Fsp3) is 0. The summed E-state index contributed by atoms with van der Waals surface area (Å²) in [5, 5.41) is 3.94. The van der Waals surface area contributed by atoms with Crippen LogP contribution in [0.5, 0.6) is 0 Å². The van der Waals surface area contributed by atoms with Gasteiger partial charge >= 0.3 is 0 Å². The minimum absolute atomic E-state index is 0.579. The van der Waals surface area contributed by atoms with Gasteiger partial charge in [-0.05, 0) is 0 Å². The predicted octanol–water partition coefficient (Wildman–Crippen LogP) is 0.573. The Balaban J connectivity index is 2.66. The Morgan fingerprint density at radius 2 is 2.20 bits per heavy atom. The molecule has 0 saturated carbocycles. The van der Waals surface area contributed by atoms with Gasteiger partial charge in [0.25, 0.3) is 0 Å². The molecule has 2 rings (SSSR count). The lowest BCUT2D eigenvalue weighted by Gasteiger charge is -1.97. The Hall–Kier alpha value is -1.58. The van der Waals surface area contributed by atoms with Gasteiger partial charge in [-0.3, -0.25) is 4.98 Å². The third kappa shape index (κ3) is 0.556. The number of nitrogens with two attached hydrogens (primary N) is 1. The molecule has 4 nitrogen and oxygen atoms in total. The molecule has 0 aliphatic carbocycles. The molecule has 10 heavy (non-hydrogen) atoms. The molecule has 1 aromatic heterocycles. The van der Waals surface area contributed by atoms with Gasteiger partial charge in [0.05, 0.1) is 18.1 Å². The molecule has 0 unspecified atom stereocenters. The Bertz CT molecular complexity index is 292. The zero-order valence-corrected chi connectivity index (χ0v) is 5.15. The number of hydrogen-bond acceptors (Lipinski definition) is 3. The molecule has 1 radical (unpaired) electrons. The Kier molecular flexibility index (Phi) is 0.887. The quantitative estimate of drug-likeness (QED) is 0.562. The highest BCUT2D eigenvalue weighted by Gasteiger charge is 2.09. The lowest BCUT2D eigenvalue weighted by Crippen LogP contribution is -1.93. The van der Waals surface area contributed by atoms with E-state index in [1.54, 1.807) is 12.4 Å². The topological polar surface area (TPSA) is 65.4 Å². The molecular weight excluding hydrogens is 128 g/mol. The van der Waals surface area contributed by atoms with Crippen molar-refractivity contribution in [3.05, 3.63) is 12.4 Å². The molecule has 0 spiro atoms. The lowest BCUT2D eigenvalue weighted by molar-refractivity contribution is 1.28. The van der Waals surface area contributed by atoms with Crippen molar-refractivity contribution in [2.75, 3.05) is 5.73 Å². The van der Waals surface area contributed by atoms with E-state index in [-0.39, 0.29) is 0 Å². The Morgan fingerprint density at radius 3 is 3.00 bits per heavy atom. The number of nitrogens with zero attached hydrogens (tertiary/aromatic N) is 3. The van der Waals surface area contributed by atoms with Crippen molar-refractivity contribution in [2.45, 2.75) is 0 Å². The summed E-state index contributed by atoms with van der Waals surface area (Å²) >= 11 is 0. The van der Waals surface area contributed by atoms with Crippen LogP contribution in [0.2, 0.25) is 0 Å². The third-order valence-electron chi connectivity index (χ3n) is 1.31. The van der Waals surface area contributed by atoms with E-state index in [0.717, 1.165) is 11.4 Å². The van der Waals surface area contributed by atoms with E-state index in [2.05, 4.69) is 15.3 Å². The second kappa shape index (κ2) is 1.70. The normalized spacial score (nSPS) is 12.8. The molecule has 0 bridgehead atoms. The summed E-state index contributed by atoms with van der Waals surface area (Å²) in [7, 11) is 0. The smallest absolute Gasteiger partial charge is 0.117 e. The molecule has 0 amide bonds. The van der Waals surface area contributed by atoms with Gasteiger partial charge in [-0.15, -0.1) is 0 Å². The van der Waals surface area contributed by atoms with Gasteiger partial charge in [-0.25, -0.2) is 10.3 Å². The number of nitrogen functional groups attached to an aromatic ring is 1. The lowest BCUT2D eigenvalue weighted by atomic mass is 10.3. The molecule has 49 valence electrons. The third-order valence-corrected chi connectivity index (χ3v) is 1.31. The van der Waals surface area contributed by atoms with Gasteiger partial charge in [-0.2, -0.15) is 0 Å². The molecule has 0 aromatic carbocycles. The second-order valence-corrected chi connectivity index (χ2v) is 1.97. The molecule has 4 heteroatoms. The van der Waals surface area contributed by atoms with Crippen LogP contribution in [0.15, 0.2) is 17.4 Å². The fourth-order valence-electron chi connectivity index (χ4n) is 0.842. The van der Waals surface area contributed by atoms with Crippen LogP contribution in [0.4, 0.5) is 17.1 Å². The van der Waals surface area contributed by atoms with E-state index in [1.165, 1.54) is 6.34 Å². The number of hydrogen-bond donors (Lipinski definition) is 1. The van der Waals surface area contributed by atoms with Gasteiger partial charge in [0.1, 0.15) is 17.7 Å². The molecule has 0 saturated heterocycles. The van der Waals surface area contributed by atoms with Crippen molar-refractivity contribution in [3.8, 4) is 0 Å². The monoisotopic (exact) mass is 133 g/mol. The predicted molar refractivity (Wildman–Crippen MR) is 38.6 cm³/mol. The van der Waals surface area contributed by atoms with Gasteiger partial charge in [-0.1, -0.05) is 0 Å². The molecule has 1 aromatic rings. The molecular formula is C6H5N4. The number of aliphatic imine (C=N–C) groups is 1. The van der Waals surface area contributed by atoms with Crippen molar-refractivity contribution in [1.29, 1.82) is 0 Å². The van der Waals surface area contributed by atoms with E-state index in [1.807, 2.05) is 0 Å². The summed E-state index contributed by atoms with van der Waals surface area (Å²) in [6.45, 7) is 0. The molecule has 2 heterocycles. The molecule has 1 aliphatic heterocycles. The summed E-state index contributed by atoms with van der Waals surface area (Å²) in [6.07, 6.45) is 4.68. The number of fused-ring (bicyclic) bond motifs is 1. The molecule has 0 fully saturated rings.